The van der Waals surface area contributed by atoms with Crippen molar-refractivity contribution in [1.29, 1.82) is 0 Å². The molecular weight excluding hydrogens is 242 g/mol. The minimum Gasteiger partial charge on any atom is -0.481 e. The molecule has 2 bridgehead atoms. The summed E-state index contributed by atoms with van der Waals surface area (Å²) in [6.45, 7) is 1.66. The molecule has 2 saturated carbocycles. The number of likely N-dealkylation sites (tertiary alicyclic amines) is 1. The van der Waals surface area contributed by atoms with E-state index in [1.54, 1.807) is 0 Å². The van der Waals surface area contributed by atoms with Crippen molar-refractivity contribution in [2.75, 3.05) is 13.1 Å². The normalized spacial score (nSPS) is 38.2. The van der Waals surface area contributed by atoms with Crippen LogP contribution in [0.1, 0.15) is 44.9 Å². The van der Waals surface area contributed by atoms with Crippen molar-refractivity contribution >= 4 is 11.9 Å². The summed E-state index contributed by atoms with van der Waals surface area (Å²) in [4.78, 5) is 26.2. The first-order valence-corrected chi connectivity index (χ1v) is 7.70. The molecular formula is C15H23NO3. The molecule has 3 fully saturated rings. The molecule has 1 aliphatic heterocycles. The van der Waals surface area contributed by atoms with E-state index < -0.39 is 11.9 Å². The van der Waals surface area contributed by atoms with E-state index in [0.29, 0.717) is 5.92 Å². The lowest BCUT2D eigenvalue weighted by Crippen LogP contribution is -2.44. The lowest BCUT2D eigenvalue weighted by molar-refractivity contribution is -0.152. The first-order valence-electron chi connectivity index (χ1n) is 7.70. The summed E-state index contributed by atoms with van der Waals surface area (Å²) in [5.74, 6) is -0.656. The van der Waals surface area contributed by atoms with E-state index in [0.717, 1.165) is 45.2 Å². The number of nitrogens with zero attached hydrogens (tertiary/aromatic N) is 1. The van der Waals surface area contributed by atoms with E-state index in [4.69, 9.17) is 0 Å². The molecule has 0 spiro atoms. The number of fused-ring (bicyclic) bond motifs is 2. The second-order valence-corrected chi connectivity index (χ2v) is 6.46. The number of aliphatic carboxylic acids is 1. The molecule has 2 aliphatic carbocycles. The smallest absolute Gasteiger partial charge is 0.307 e. The van der Waals surface area contributed by atoms with Crippen LogP contribution in [0.25, 0.3) is 0 Å². The molecule has 0 aromatic carbocycles. The van der Waals surface area contributed by atoms with Crippen molar-refractivity contribution in [2.45, 2.75) is 44.9 Å². The van der Waals surface area contributed by atoms with Crippen LogP contribution in [-0.4, -0.2) is 35.0 Å². The Hall–Kier alpha value is -1.06. The fourth-order valence-electron chi connectivity index (χ4n) is 4.50. The monoisotopic (exact) mass is 265 g/mol. The van der Waals surface area contributed by atoms with Crippen molar-refractivity contribution in [3.8, 4) is 0 Å². The molecule has 0 unspecified atom stereocenters. The summed E-state index contributed by atoms with van der Waals surface area (Å²) in [5.41, 5.74) is 0. The van der Waals surface area contributed by atoms with Gasteiger partial charge in [0.25, 0.3) is 0 Å². The van der Waals surface area contributed by atoms with Crippen LogP contribution in [0, 0.1) is 23.7 Å². The number of rotatable bonds is 2. The number of hydrogen-bond donors (Lipinski definition) is 1. The molecule has 1 saturated heterocycles. The third kappa shape index (κ3) is 2.26. The van der Waals surface area contributed by atoms with Crippen LogP contribution in [0.2, 0.25) is 0 Å². The first-order chi connectivity index (χ1) is 9.18. The minimum atomic E-state index is -0.750. The number of carbonyl (C=O) groups excluding carboxylic acids is 1. The Bertz CT molecular complexity index is 374. The lowest BCUT2D eigenvalue weighted by Gasteiger charge is -2.32. The summed E-state index contributed by atoms with van der Waals surface area (Å²) in [5, 5.41) is 9.44. The van der Waals surface area contributed by atoms with Crippen molar-refractivity contribution in [3.63, 3.8) is 0 Å². The zero-order valence-electron chi connectivity index (χ0n) is 11.4. The van der Waals surface area contributed by atoms with Gasteiger partial charge in [0, 0.05) is 13.1 Å². The predicted octanol–water partition coefficient (Wildman–Crippen LogP) is 2.14. The average molecular weight is 265 g/mol. The summed E-state index contributed by atoms with van der Waals surface area (Å²) < 4.78 is 0. The van der Waals surface area contributed by atoms with Gasteiger partial charge in [-0.25, -0.2) is 0 Å². The molecule has 3 rings (SSSR count). The standard InChI is InChI=1S/C15H23NO3/c17-14(16-7-3-1-2-4-8-16)12-10-5-6-11(9-10)13(12)15(18)19/h10-13H,1-9H2,(H,18,19)/t10-,11-,12-,13-/m0/s1. The van der Waals surface area contributed by atoms with Crippen molar-refractivity contribution in [2.24, 2.45) is 23.7 Å². The highest BCUT2D eigenvalue weighted by atomic mass is 16.4. The Morgan fingerprint density at radius 2 is 1.47 bits per heavy atom. The molecule has 0 aromatic heterocycles. The maximum Gasteiger partial charge on any atom is 0.307 e. The third-order valence-electron chi connectivity index (χ3n) is 5.40. The maximum atomic E-state index is 12.7. The van der Waals surface area contributed by atoms with Crippen LogP contribution in [-0.2, 0) is 9.59 Å². The Morgan fingerprint density at radius 1 is 0.895 bits per heavy atom. The Labute approximate surface area is 114 Å². The fraction of sp³-hybridized carbons (Fsp3) is 0.867. The minimum absolute atomic E-state index is 0.140. The highest BCUT2D eigenvalue weighted by Crippen LogP contribution is 2.53. The lowest BCUT2D eigenvalue weighted by atomic mass is 9.78. The average Bonchev–Trinajstić information content (AvgIpc) is 2.89. The molecule has 0 radical (unpaired) electrons. The SMILES string of the molecule is O=C(O)[C@H]1[C@H]2CC[C@@H](C2)[C@@H]1C(=O)N1CCCCCC1. The topological polar surface area (TPSA) is 57.6 Å². The van der Waals surface area contributed by atoms with E-state index in [1.807, 2.05) is 4.90 Å². The third-order valence-corrected chi connectivity index (χ3v) is 5.40. The van der Waals surface area contributed by atoms with Crippen molar-refractivity contribution in [1.82, 2.24) is 4.90 Å². The van der Waals surface area contributed by atoms with Crippen LogP contribution in [0.15, 0.2) is 0 Å². The molecule has 106 valence electrons. The second-order valence-electron chi connectivity index (χ2n) is 6.46. The van der Waals surface area contributed by atoms with Crippen LogP contribution in [0.3, 0.4) is 0 Å². The van der Waals surface area contributed by atoms with E-state index in [1.165, 1.54) is 12.8 Å². The number of carboxylic acids is 1. The summed E-state index contributed by atoms with van der Waals surface area (Å²) in [6.07, 6.45) is 7.56. The largest absolute Gasteiger partial charge is 0.481 e. The number of carbonyl (C=O) groups is 2. The summed E-state index contributed by atoms with van der Waals surface area (Å²) in [7, 11) is 0. The molecule has 4 heteroatoms. The molecule has 4 nitrogen and oxygen atoms in total. The zero-order valence-corrected chi connectivity index (χ0v) is 11.4. The van der Waals surface area contributed by atoms with Gasteiger partial charge < -0.3 is 10.0 Å². The predicted molar refractivity (Wildman–Crippen MR) is 70.5 cm³/mol. The zero-order chi connectivity index (χ0) is 13.4. The summed E-state index contributed by atoms with van der Waals surface area (Å²) in [6, 6.07) is 0. The highest BCUT2D eigenvalue weighted by molar-refractivity contribution is 5.86. The van der Waals surface area contributed by atoms with Gasteiger partial charge >= 0.3 is 5.97 Å². The molecule has 4 atom stereocenters. The summed E-state index contributed by atoms with van der Waals surface area (Å²) >= 11 is 0. The Morgan fingerprint density at radius 3 is 2.05 bits per heavy atom. The highest BCUT2D eigenvalue weighted by Gasteiger charge is 2.54. The van der Waals surface area contributed by atoms with Gasteiger partial charge in [-0.1, -0.05) is 12.8 Å². The number of carboxylic acid groups (broad SMARTS) is 1. The Balaban J connectivity index is 1.76. The molecule has 1 amide bonds. The first kappa shape index (κ1) is 12.9. The van der Waals surface area contributed by atoms with Crippen molar-refractivity contribution in [3.05, 3.63) is 0 Å². The molecule has 19 heavy (non-hydrogen) atoms. The fourth-order valence-corrected chi connectivity index (χ4v) is 4.50. The van der Waals surface area contributed by atoms with Gasteiger partial charge in [0.05, 0.1) is 11.8 Å². The van der Waals surface area contributed by atoms with Crippen molar-refractivity contribution < 1.29 is 14.7 Å². The number of amides is 1. The van der Waals surface area contributed by atoms with Gasteiger partial charge in [0.1, 0.15) is 0 Å². The van der Waals surface area contributed by atoms with Crippen LogP contribution >= 0.6 is 0 Å². The van der Waals surface area contributed by atoms with E-state index >= 15 is 0 Å². The second kappa shape index (κ2) is 5.14. The molecule has 3 aliphatic rings. The number of hydrogen-bond acceptors (Lipinski definition) is 2. The van der Waals surface area contributed by atoms with Gasteiger partial charge in [-0.15, -0.1) is 0 Å². The van der Waals surface area contributed by atoms with E-state index in [-0.39, 0.29) is 17.7 Å². The van der Waals surface area contributed by atoms with Gasteiger partial charge in [-0.3, -0.25) is 9.59 Å². The van der Waals surface area contributed by atoms with Crippen LogP contribution in [0.4, 0.5) is 0 Å². The van der Waals surface area contributed by atoms with E-state index in [9.17, 15) is 14.7 Å². The van der Waals surface area contributed by atoms with E-state index in [2.05, 4.69) is 0 Å². The van der Waals surface area contributed by atoms with Gasteiger partial charge in [0.2, 0.25) is 5.91 Å². The van der Waals surface area contributed by atoms with Crippen LogP contribution in [0.5, 0.6) is 0 Å². The molecule has 0 aromatic rings. The van der Waals surface area contributed by atoms with Gasteiger partial charge in [0.15, 0.2) is 0 Å². The molecule has 1 heterocycles. The Kier molecular flexibility index (Phi) is 3.50. The van der Waals surface area contributed by atoms with Gasteiger partial charge in [-0.2, -0.15) is 0 Å². The maximum absolute atomic E-state index is 12.7. The van der Waals surface area contributed by atoms with Gasteiger partial charge in [-0.05, 0) is 43.9 Å². The van der Waals surface area contributed by atoms with Crippen LogP contribution < -0.4 is 0 Å². The molecule has 1 N–H and O–H groups in total. The quantitative estimate of drug-likeness (QED) is 0.832.